The minimum Gasteiger partial charge on any atom is -0.385 e. The molecule has 1 aliphatic heterocycles. The van der Waals surface area contributed by atoms with Gasteiger partial charge in [-0.05, 0) is 12.3 Å². The van der Waals surface area contributed by atoms with Gasteiger partial charge in [-0.3, -0.25) is 0 Å². The lowest BCUT2D eigenvalue weighted by atomic mass is 10.0. The molecular weight excluding hydrogens is 250 g/mol. The Labute approximate surface area is 123 Å². The number of urea groups is 1. The number of rotatable bonds is 10. The zero-order valence-electron chi connectivity index (χ0n) is 13.4. The summed E-state index contributed by atoms with van der Waals surface area (Å²) in [4.78, 5) is 17.6. The number of carbonyl (C=O) groups is 1. The Hall–Kier alpha value is -1.06. The molecule has 0 saturated carbocycles. The maximum Gasteiger partial charge on any atom is 0.345 e. The molecule has 0 aliphatic carbocycles. The maximum absolute atomic E-state index is 11.8. The molecule has 4 heteroatoms. The number of hydrogen-bond acceptors (Lipinski definition) is 2. The van der Waals surface area contributed by atoms with Gasteiger partial charge in [-0.1, -0.05) is 65.7 Å². The third kappa shape index (κ3) is 5.51. The Bertz CT molecular complexity index is 326. The quantitative estimate of drug-likeness (QED) is 0.616. The number of unbranched alkanes of at least 4 members (excludes halogenated alkanes) is 6. The van der Waals surface area contributed by atoms with E-state index in [0.29, 0.717) is 11.8 Å². The summed E-state index contributed by atoms with van der Waals surface area (Å²) in [5.41, 5.74) is 5.90. The summed E-state index contributed by atoms with van der Waals surface area (Å²) < 4.78 is 0. The van der Waals surface area contributed by atoms with E-state index in [4.69, 9.17) is 5.73 Å². The second-order valence-corrected chi connectivity index (χ2v) is 6.29. The van der Waals surface area contributed by atoms with E-state index < -0.39 is 0 Å². The monoisotopic (exact) mass is 281 g/mol. The van der Waals surface area contributed by atoms with Crippen LogP contribution < -0.4 is 5.73 Å². The van der Waals surface area contributed by atoms with Crippen LogP contribution in [0.3, 0.4) is 0 Å². The summed E-state index contributed by atoms with van der Waals surface area (Å²) >= 11 is 0. The molecule has 0 fully saturated rings. The van der Waals surface area contributed by atoms with Crippen molar-refractivity contribution in [1.82, 2.24) is 4.90 Å². The number of amides is 2. The van der Waals surface area contributed by atoms with Gasteiger partial charge in [-0.25, -0.2) is 4.79 Å². The molecule has 116 valence electrons. The summed E-state index contributed by atoms with van der Waals surface area (Å²) in [6.45, 7) is 7.23. The van der Waals surface area contributed by atoms with Gasteiger partial charge in [-0.2, -0.15) is 4.99 Å². The molecule has 0 spiro atoms. The average molecular weight is 281 g/mol. The first-order valence-corrected chi connectivity index (χ1v) is 8.21. The fourth-order valence-corrected chi connectivity index (χ4v) is 2.74. The zero-order chi connectivity index (χ0) is 15.0. The van der Waals surface area contributed by atoms with Gasteiger partial charge in [0.05, 0.1) is 6.04 Å². The van der Waals surface area contributed by atoms with E-state index in [2.05, 4.69) is 25.8 Å². The maximum atomic E-state index is 11.8. The molecule has 0 aromatic heterocycles. The number of nitrogens with two attached hydrogens (primary N) is 1. The molecule has 20 heavy (non-hydrogen) atoms. The molecule has 1 heterocycles. The van der Waals surface area contributed by atoms with Crippen LogP contribution in [-0.2, 0) is 0 Å². The van der Waals surface area contributed by atoms with Gasteiger partial charge in [-0.15, -0.1) is 0 Å². The van der Waals surface area contributed by atoms with Crippen LogP contribution in [0.25, 0.3) is 0 Å². The van der Waals surface area contributed by atoms with Crippen molar-refractivity contribution >= 4 is 11.9 Å². The first-order valence-electron chi connectivity index (χ1n) is 8.21. The molecule has 4 nitrogen and oxygen atoms in total. The van der Waals surface area contributed by atoms with Crippen molar-refractivity contribution in [3.05, 3.63) is 0 Å². The smallest absolute Gasteiger partial charge is 0.345 e. The van der Waals surface area contributed by atoms with E-state index in [1.54, 1.807) is 0 Å². The van der Waals surface area contributed by atoms with Crippen LogP contribution in [0.4, 0.5) is 4.79 Å². The van der Waals surface area contributed by atoms with Crippen molar-refractivity contribution in [2.24, 2.45) is 16.6 Å². The molecular formula is C16H31N3O. The van der Waals surface area contributed by atoms with Gasteiger partial charge in [0.1, 0.15) is 5.84 Å². The van der Waals surface area contributed by atoms with Crippen molar-refractivity contribution in [2.45, 2.75) is 78.2 Å². The average Bonchev–Trinajstić information content (AvgIpc) is 2.63. The van der Waals surface area contributed by atoms with Crippen molar-refractivity contribution in [1.29, 1.82) is 0 Å². The molecule has 1 aliphatic rings. The molecule has 2 amide bonds. The lowest BCUT2D eigenvalue weighted by molar-refractivity contribution is 0.195. The second-order valence-electron chi connectivity index (χ2n) is 6.29. The highest BCUT2D eigenvalue weighted by Gasteiger charge is 2.32. The molecule has 1 unspecified atom stereocenters. The number of hydrogen-bond donors (Lipinski definition) is 1. The standard InChI is InChI=1S/C16H31N3O/c1-4-5-6-7-8-9-10-11-14-15(17)18-16(20)19(14)12-13(2)3/h13-14H,4-12H2,1-3H3,(H2,17,18,20). The second kappa shape index (κ2) is 8.98. The molecule has 2 N–H and O–H groups in total. The Kier molecular flexibility index (Phi) is 7.63. The molecule has 1 atom stereocenters. The number of amidine groups is 1. The van der Waals surface area contributed by atoms with Crippen LogP contribution in [0, 0.1) is 5.92 Å². The summed E-state index contributed by atoms with van der Waals surface area (Å²) in [5, 5.41) is 0. The number of nitrogens with zero attached hydrogens (tertiary/aromatic N) is 2. The number of aliphatic imine (C=N–C) groups is 1. The summed E-state index contributed by atoms with van der Waals surface area (Å²) in [6, 6.07) is -0.107. The normalized spacial score (nSPS) is 19.0. The van der Waals surface area contributed by atoms with E-state index in [9.17, 15) is 4.79 Å². The highest BCUT2D eigenvalue weighted by Crippen LogP contribution is 2.19. The van der Waals surface area contributed by atoms with Crippen LogP contribution in [0.5, 0.6) is 0 Å². The van der Waals surface area contributed by atoms with Crippen LogP contribution in [0.2, 0.25) is 0 Å². The van der Waals surface area contributed by atoms with Gasteiger partial charge >= 0.3 is 6.03 Å². The van der Waals surface area contributed by atoms with E-state index in [-0.39, 0.29) is 12.1 Å². The van der Waals surface area contributed by atoms with Gasteiger partial charge in [0.25, 0.3) is 0 Å². The fraction of sp³-hybridized carbons (Fsp3) is 0.875. The minimum atomic E-state index is -0.149. The summed E-state index contributed by atoms with van der Waals surface area (Å²) in [7, 11) is 0. The van der Waals surface area contributed by atoms with Crippen molar-refractivity contribution in [3.8, 4) is 0 Å². The lowest BCUT2D eigenvalue weighted by Crippen LogP contribution is -2.42. The Morgan fingerprint density at radius 3 is 2.35 bits per heavy atom. The number of carbonyl (C=O) groups excluding carboxylic acids is 1. The highest BCUT2D eigenvalue weighted by molar-refractivity contribution is 6.02. The zero-order valence-corrected chi connectivity index (χ0v) is 13.4. The van der Waals surface area contributed by atoms with Crippen LogP contribution in [0.1, 0.15) is 72.1 Å². The van der Waals surface area contributed by atoms with Crippen molar-refractivity contribution < 1.29 is 4.79 Å². The Morgan fingerprint density at radius 2 is 1.75 bits per heavy atom. The van der Waals surface area contributed by atoms with E-state index in [1.807, 2.05) is 4.90 Å². The van der Waals surface area contributed by atoms with Crippen molar-refractivity contribution in [2.75, 3.05) is 6.54 Å². The van der Waals surface area contributed by atoms with Gasteiger partial charge in [0.2, 0.25) is 0 Å². The topological polar surface area (TPSA) is 58.7 Å². The molecule has 0 aromatic carbocycles. The Balaban J connectivity index is 2.26. The third-order valence-corrected chi connectivity index (χ3v) is 3.83. The van der Waals surface area contributed by atoms with Crippen LogP contribution in [0.15, 0.2) is 4.99 Å². The highest BCUT2D eigenvalue weighted by atomic mass is 16.2. The van der Waals surface area contributed by atoms with Crippen LogP contribution in [-0.4, -0.2) is 29.4 Å². The van der Waals surface area contributed by atoms with Gasteiger partial charge in [0, 0.05) is 6.54 Å². The van der Waals surface area contributed by atoms with Crippen LogP contribution >= 0.6 is 0 Å². The first-order chi connectivity index (χ1) is 9.56. The molecule has 0 saturated heterocycles. The molecule has 0 bridgehead atoms. The van der Waals surface area contributed by atoms with E-state index >= 15 is 0 Å². The van der Waals surface area contributed by atoms with Gasteiger partial charge in [0.15, 0.2) is 0 Å². The summed E-state index contributed by atoms with van der Waals surface area (Å²) in [5.74, 6) is 0.971. The van der Waals surface area contributed by atoms with Crippen molar-refractivity contribution in [3.63, 3.8) is 0 Å². The van der Waals surface area contributed by atoms with Gasteiger partial charge < -0.3 is 10.6 Å². The Morgan fingerprint density at radius 1 is 1.15 bits per heavy atom. The SMILES string of the molecule is CCCCCCCCCC1C(N)=NC(=O)N1CC(C)C. The fourth-order valence-electron chi connectivity index (χ4n) is 2.74. The van der Waals surface area contributed by atoms with E-state index in [0.717, 1.165) is 19.4 Å². The minimum absolute atomic E-state index is 0.0422. The first kappa shape index (κ1) is 17.0. The predicted octanol–water partition coefficient (Wildman–Crippen LogP) is 3.94. The molecule has 0 radical (unpaired) electrons. The molecule has 1 rings (SSSR count). The summed E-state index contributed by atoms with van der Waals surface area (Å²) in [6.07, 6.45) is 9.94. The molecule has 0 aromatic rings. The predicted molar refractivity (Wildman–Crippen MR) is 85.0 cm³/mol. The third-order valence-electron chi connectivity index (χ3n) is 3.83. The largest absolute Gasteiger partial charge is 0.385 e. The lowest BCUT2D eigenvalue weighted by Gasteiger charge is -2.25. The van der Waals surface area contributed by atoms with E-state index in [1.165, 1.54) is 38.5 Å².